The van der Waals surface area contributed by atoms with Crippen LogP contribution < -0.4 is 21.1 Å². The molecule has 1 unspecified atom stereocenters. The van der Waals surface area contributed by atoms with E-state index in [4.69, 9.17) is 11.6 Å². The molecule has 1 atom stereocenters. The number of carbonyl (C=O) groups excluding carboxylic acids is 1. The third-order valence-corrected chi connectivity index (χ3v) is 5.28. The van der Waals surface area contributed by atoms with Crippen molar-refractivity contribution in [2.45, 2.75) is 44.6 Å². The quantitative estimate of drug-likeness (QED) is 0.771. The van der Waals surface area contributed by atoms with Crippen molar-refractivity contribution in [1.82, 2.24) is 20.8 Å². The van der Waals surface area contributed by atoms with Crippen molar-refractivity contribution in [3.8, 4) is 0 Å². The van der Waals surface area contributed by atoms with Gasteiger partial charge in [0, 0.05) is 25.7 Å². The van der Waals surface area contributed by atoms with Crippen LogP contribution in [0.2, 0.25) is 5.02 Å². The van der Waals surface area contributed by atoms with Crippen LogP contribution >= 0.6 is 11.6 Å². The Bertz CT molecular complexity index is 629. The summed E-state index contributed by atoms with van der Waals surface area (Å²) in [5, 5.41) is 12.3. The van der Waals surface area contributed by atoms with Crippen LogP contribution in [-0.2, 0) is 0 Å². The maximum absolute atomic E-state index is 12.1. The molecule has 1 aromatic heterocycles. The molecule has 1 saturated carbocycles. The minimum atomic E-state index is -0.393. The SMILES string of the molecule is O=C(NCC1CCCCC1)NC1CCN(c2cn[nH]c(=O)c2Cl)C1. The number of halogens is 1. The van der Waals surface area contributed by atoms with Crippen molar-refractivity contribution in [3.63, 3.8) is 0 Å². The van der Waals surface area contributed by atoms with Crippen LogP contribution in [0.4, 0.5) is 10.5 Å². The number of aromatic amines is 1. The number of carbonyl (C=O) groups is 1. The number of hydrogen-bond donors (Lipinski definition) is 3. The first-order valence-corrected chi connectivity index (χ1v) is 9.04. The van der Waals surface area contributed by atoms with Gasteiger partial charge >= 0.3 is 6.03 Å². The molecule has 2 amide bonds. The normalized spacial score (nSPS) is 21.7. The predicted octanol–water partition coefficient (Wildman–Crippen LogP) is 1.88. The number of anilines is 1. The van der Waals surface area contributed by atoms with Gasteiger partial charge in [0.25, 0.3) is 5.56 Å². The summed E-state index contributed by atoms with van der Waals surface area (Å²) in [6.45, 7) is 2.12. The Labute approximate surface area is 146 Å². The highest BCUT2D eigenvalue weighted by molar-refractivity contribution is 6.33. The second-order valence-electron chi connectivity index (χ2n) is 6.69. The third kappa shape index (κ3) is 4.20. The number of nitrogens with one attached hydrogen (secondary N) is 3. The highest BCUT2D eigenvalue weighted by atomic mass is 35.5. The lowest BCUT2D eigenvalue weighted by molar-refractivity contribution is 0.233. The molecule has 132 valence electrons. The number of nitrogens with zero attached hydrogens (tertiary/aromatic N) is 2. The Balaban J connectivity index is 1.46. The Morgan fingerprint density at radius 3 is 2.92 bits per heavy atom. The molecule has 0 aromatic carbocycles. The van der Waals surface area contributed by atoms with Crippen molar-refractivity contribution in [1.29, 1.82) is 0 Å². The van der Waals surface area contributed by atoms with Gasteiger partial charge in [-0.3, -0.25) is 4.79 Å². The number of aromatic nitrogens is 2. The van der Waals surface area contributed by atoms with Crippen LogP contribution in [0.1, 0.15) is 38.5 Å². The topological polar surface area (TPSA) is 90.1 Å². The summed E-state index contributed by atoms with van der Waals surface area (Å²) >= 11 is 6.04. The Morgan fingerprint density at radius 2 is 2.12 bits per heavy atom. The Morgan fingerprint density at radius 1 is 1.33 bits per heavy atom. The minimum Gasteiger partial charge on any atom is -0.367 e. The first-order valence-electron chi connectivity index (χ1n) is 8.66. The van der Waals surface area contributed by atoms with Crippen molar-refractivity contribution < 1.29 is 4.79 Å². The summed E-state index contributed by atoms with van der Waals surface area (Å²) in [4.78, 5) is 25.6. The van der Waals surface area contributed by atoms with E-state index in [9.17, 15) is 9.59 Å². The van der Waals surface area contributed by atoms with Gasteiger partial charge in [0.15, 0.2) is 0 Å². The van der Waals surface area contributed by atoms with Crippen LogP contribution in [0.3, 0.4) is 0 Å². The van der Waals surface area contributed by atoms with E-state index in [1.54, 1.807) is 6.20 Å². The van der Waals surface area contributed by atoms with E-state index >= 15 is 0 Å². The molecule has 3 rings (SSSR count). The summed E-state index contributed by atoms with van der Waals surface area (Å²) in [6, 6.07) is -0.0609. The molecule has 2 heterocycles. The van der Waals surface area contributed by atoms with Gasteiger partial charge in [0.05, 0.1) is 11.9 Å². The van der Waals surface area contributed by atoms with Gasteiger partial charge in [0.2, 0.25) is 0 Å². The van der Waals surface area contributed by atoms with E-state index in [2.05, 4.69) is 20.8 Å². The molecule has 2 fully saturated rings. The molecule has 1 saturated heterocycles. The van der Waals surface area contributed by atoms with Crippen LogP contribution in [-0.4, -0.2) is 41.9 Å². The second-order valence-corrected chi connectivity index (χ2v) is 7.07. The van der Waals surface area contributed by atoms with E-state index in [1.807, 2.05) is 4.90 Å². The second kappa shape index (κ2) is 7.88. The van der Waals surface area contributed by atoms with E-state index in [1.165, 1.54) is 32.1 Å². The lowest BCUT2D eigenvalue weighted by atomic mass is 9.89. The van der Waals surface area contributed by atoms with Gasteiger partial charge < -0.3 is 15.5 Å². The highest BCUT2D eigenvalue weighted by Crippen LogP contribution is 2.25. The maximum Gasteiger partial charge on any atom is 0.315 e. The molecule has 1 aromatic rings. The van der Waals surface area contributed by atoms with E-state index in [0.29, 0.717) is 18.2 Å². The first-order chi connectivity index (χ1) is 11.6. The average Bonchev–Trinajstić information content (AvgIpc) is 3.04. The third-order valence-electron chi connectivity index (χ3n) is 4.92. The largest absolute Gasteiger partial charge is 0.367 e. The van der Waals surface area contributed by atoms with Crippen molar-refractivity contribution >= 4 is 23.3 Å². The zero-order valence-electron chi connectivity index (χ0n) is 13.7. The van der Waals surface area contributed by atoms with Gasteiger partial charge in [-0.05, 0) is 25.2 Å². The summed E-state index contributed by atoms with van der Waals surface area (Å²) in [6.07, 6.45) is 8.67. The number of hydrogen-bond acceptors (Lipinski definition) is 4. The standard InChI is InChI=1S/C16H24ClN5O2/c17-14-13(9-19-21-15(14)23)22-7-6-12(10-22)20-16(24)18-8-11-4-2-1-3-5-11/h9,11-12H,1-8,10H2,(H,21,23)(H2,18,20,24). The average molecular weight is 354 g/mol. The number of rotatable bonds is 4. The molecule has 0 bridgehead atoms. The van der Waals surface area contributed by atoms with Crippen LogP contribution in [0.5, 0.6) is 0 Å². The van der Waals surface area contributed by atoms with Crippen molar-refractivity contribution in [2.24, 2.45) is 5.92 Å². The molecule has 3 N–H and O–H groups in total. The van der Waals surface area contributed by atoms with Gasteiger partial charge in [-0.2, -0.15) is 5.10 Å². The summed E-state index contributed by atoms with van der Waals surface area (Å²) in [5.41, 5.74) is 0.225. The van der Waals surface area contributed by atoms with Gasteiger partial charge in [-0.25, -0.2) is 9.89 Å². The smallest absolute Gasteiger partial charge is 0.315 e. The summed E-state index contributed by atoms with van der Waals surface area (Å²) in [7, 11) is 0. The molecular formula is C16H24ClN5O2. The highest BCUT2D eigenvalue weighted by Gasteiger charge is 2.26. The molecule has 0 radical (unpaired) electrons. The maximum atomic E-state index is 12.1. The van der Waals surface area contributed by atoms with Gasteiger partial charge in [0.1, 0.15) is 5.02 Å². The minimum absolute atomic E-state index is 0.0479. The van der Waals surface area contributed by atoms with Gasteiger partial charge in [-0.1, -0.05) is 30.9 Å². The molecule has 1 aliphatic carbocycles. The molecule has 24 heavy (non-hydrogen) atoms. The molecule has 2 aliphatic rings. The van der Waals surface area contributed by atoms with Gasteiger partial charge in [-0.15, -0.1) is 0 Å². The lowest BCUT2D eigenvalue weighted by Crippen LogP contribution is -2.45. The van der Waals surface area contributed by atoms with Crippen LogP contribution in [0.15, 0.2) is 11.0 Å². The predicted molar refractivity (Wildman–Crippen MR) is 93.6 cm³/mol. The molecule has 0 spiro atoms. The Kier molecular flexibility index (Phi) is 5.60. The lowest BCUT2D eigenvalue weighted by Gasteiger charge is -2.22. The molecular weight excluding hydrogens is 330 g/mol. The molecule has 8 heteroatoms. The zero-order valence-corrected chi connectivity index (χ0v) is 14.4. The number of H-pyrrole nitrogens is 1. The molecule has 1 aliphatic heterocycles. The van der Waals surface area contributed by atoms with Crippen molar-refractivity contribution in [3.05, 3.63) is 21.6 Å². The fourth-order valence-corrected chi connectivity index (χ4v) is 3.77. The fourth-order valence-electron chi connectivity index (χ4n) is 3.56. The van der Waals surface area contributed by atoms with Crippen molar-refractivity contribution in [2.75, 3.05) is 24.5 Å². The van der Waals surface area contributed by atoms with E-state index in [-0.39, 0.29) is 17.1 Å². The van der Waals surface area contributed by atoms with Crippen LogP contribution in [0.25, 0.3) is 0 Å². The number of urea groups is 1. The van der Waals surface area contributed by atoms with Crippen LogP contribution in [0, 0.1) is 5.92 Å². The first kappa shape index (κ1) is 17.1. The van der Waals surface area contributed by atoms with E-state index in [0.717, 1.165) is 19.5 Å². The Hall–Kier alpha value is -1.76. The van der Waals surface area contributed by atoms with E-state index < -0.39 is 5.56 Å². The fraction of sp³-hybridized carbons (Fsp3) is 0.688. The molecule has 7 nitrogen and oxygen atoms in total. The zero-order chi connectivity index (χ0) is 16.9. The number of amides is 2. The monoisotopic (exact) mass is 353 g/mol. The summed E-state index contributed by atoms with van der Waals surface area (Å²) < 4.78 is 0. The summed E-state index contributed by atoms with van der Waals surface area (Å²) in [5.74, 6) is 0.616.